The minimum atomic E-state index is -0.251. The molecule has 0 atom stereocenters. The maximum absolute atomic E-state index is 12.8. The summed E-state index contributed by atoms with van der Waals surface area (Å²) in [5.41, 5.74) is 2.57. The molecule has 1 aliphatic carbocycles. The number of nitrogens with zero attached hydrogens (tertiary/aromatic N) is 1. The van der Waals surface area contributed by atoms with Crippen LogP contribution in [0.4, 0.5) is 17.1 Å². The molecule has 1 saturated carbocycles. The number of anilines is 3. The van der Waals surface area contributed by atoms with Gasteiger partial charge >= 0.3 is 0 Å². The van der Waals surface area contributed by atoms with Crippen LogP contribution < -0.4 is 15.5 Å². The Kier molecular flexibility index (Phi) is 5.50. The average molecular weight is 400 g/mol. The van der Waals surface area contributed by atoms with Gasteiger partial charge < -0.3 is 20.3 Å². The molecular weight excluding hydrogens is 378 g/mol. The van der Waals surface area contributed by atoms with E-state index >= 15 is 0 Å². The van der Waals surface area contributed by atoms with Crippen molar-refractivity contribution in [2.24, 2.45) is 5.92 Å². The molecule has 2 aliphatic rings. The van der Waals surface area contributed by atoms with Crippen LogP contribution in [0.1, 0.15) is 23.2 Å². The molecule has 4 rings (SSSR count). The van der Waals surface area contributed by atoms with Gasteiger partial charge in [-0.3, -0.25) is 9.59 Å². The van der Waals surface area contributed by atoms with Gasteiger partial charge in [0.2, 0.25) is 5.91 Å². The number of carbonyl (C=O) groups is 2. The quantitative estimate of drug-likeness (QED) is 0.802. The topological polar surface area (TPSA) is 70.7 Å². The normalized spacial score (nSPS) is 16.5. The van der Waals surface area contributed by atoms with Crippen LogP contribution in [-0.2, 0) is 9.53 Å². The summed E-state index contributed by atoms with van der Waals surface area (Å²) in [7, 11) is 0. The number of amides is 2. The maximum atomic E-state index is 12.8. The van der Waals surface area contributed by atoms with Crippen molar-refractivity contribution in [1.29, 1.82) is 0 Å². The van der Waals surface area contributed by atoms with Crippen molar-refractivity contribution in [3.63, 3.8) is 0 Å². The predicted octanol–water partition coefficient (Wildman–Crippen LogP) is 3.78. The number of carbonyl (C=O) groups excluding carboxylic acids is 2. The molecule has 146 valence electrons. The van der Waals surface area contributed by atoms with E-state index in [1.165, 1.54) is 0 Å². The van der Waals surface area contributed by atoms with E-state index < -0.39 is 0 Å². The molecule has 1 saturated heterocycles. The highest BCUT2D eigenvalue weighted by Gasteiger charge is 2.29. The third-order valence-electron chi connectivity index (χ3n) is 4.90. The standard InChI is InChI=1S/C21H22ClN3O3/c22-17-5-2-6-18(19(17)25-9-11-28-12-10-25)24-21(27)15-3-1-4-16(13-15)23-20(26)14-7-8-14/h1-6,13-14H,7-12H2,(H,23,26)(H,24,27). The van der Waals surface area contributed by atoms with Gasteiger partial charge in [-0.2, -0.15) is 0 Å². The molecule has 2 aromatic carbocycles. The second-order valence-electron chi connectivity index (χ2n) is 7.03. The number of nitrogens with one attached hydrogen (secondary N) is 2. The van der Waals surface area contributed by atoms with E-state index in [0.29, 0.717) is 35.2 Å². The maximum Gasteiger partial charge on any atom is 0.255 e. The van der Waals surface area contributed by atoms with Crippen molar-refractivity contribution in [3.8, 4) is 0 Å². The molecular formula is C21H22ClN3O3. The smallest absolute Gasteiger partial charge is 0.255 e. The number of hydrogen-bond acceptors (Lipinski definition) is 4. The number of rotatable bonds is 5. The van der Waals surface area contributed by atoms with Gasteiger partial charge in [0.15, 0.2) is 0 Å². The van der Waals surface area contributed by atoms with Gasteiger partial charge in [0, 0.05) is 30.3 Å². The van der Waals surface area contributed by atoms with Crippen LogP contribution >= 0.6 is 11.6 Å². The van der Waals surface area contributed by atoms with Gasteiger partial charge in [0.05, 0.1) is 29.6 Å². The van der Waals surface area contributed by atoms with E-state index in [1.54, 1.807) is 24.3 Å². The van der Waals surface area contributed by atoms with Crippen molar-refractivity contribution in [3.05, 3.63) is 53.1 Å². The van der Waals surface area contributed by atoms with Crippen LogP contribution in [0, 0.1) is 5.92 Å². The molecule has 0 unspecified atom stereocenters. The highest BCUT2D eigenvalue weighted by molar-refractivity contribution is 6.34. The highest BCUT2D eigenvalue weighted by Crippen LogP contribution is 2.35. The first-order chi connectivity index (χ1) is 13.6. The van der Waals surface area contributed by atoms with Crippen molar-refractivity contribution in [2.75, 3.05) is 41.8 Å². The third-order valence-corrected chi connectivity index (χ3v) is 5.21. The molecule has 0 bridgehead atoms. The van der Waals surface area contributed by atoms with Crippen molar-refractivity contribution in [2.45, 2.75) is 12.8 Å². The van der Waals surface area contributed by atoms with Crippen molar-refractivity contribution >= 4 is 40.5 Å². The molecule has 2 N–H and O–H groups in total. The Hall–Kier alpha value is -2.57. The number of hydrogen-bond donors (Lipinski definition) is 2. The first-order valence-corrected chi connectivity index (χ1v) is 9.83. The first kappa shape index (κ1) is 18.8. The zero-order valence-corrected chi connectivity index (χ0v) is 16.2. The van der Waals surface area contributed by atoms with Gasteiger partial charge in [0.1, 0.15) is 0 Å². The fourth-order valence-corrected chi connectivity index (χ4v) is 3.54. The Labute approximate surface area is 168 Å². The summed E-state index contributed by atoms with van der Waals surface area (Å²) < 4.78 is 5.41. The van der Waals surface area contributed by atoms with Crippen LogP contribution in [0.3, 0.4) is 0 Å². The Bertz CT molecular complexity index is 892. The zero-order chi connectivity index (χ0) is 19.5. The van der Waals surface area contributed by atoms with Gasteiger partial charge in [-0.1, -0.05) is 23.7 Å². The fourth-order valence-electron chi connectivity index (χ4n) is 3.25. The molecule has 0 radical (unpaired) electrons. The minimum Gasteiger partial charge on any atom is -0.378 e. The molecule has 1 aliphatic heterocycles. The Morgan fingerprint density at radius 3 is 2.54 bits per heavy atom. The summed E-state index contributed by atoms with van der Waals surface area (Å²) >= 11 is 6.43. The van der Waals surface area contributed by atoms with E-state index in [2.05, 4.69) is 15.5 Å². The monoisotopic (exact) mass is 399 g/mol. The van der Waals surface area contributed by atoms with Gasteiger partial charge in [-0.25, -0.2) is 0 Å². The van der Waals surface area contributed by atoms with Gasteiger partial charge in [-0.05, 0) is 43.2 Å². The number of halogens is 1. The minimum absolute atomic E-state index is 0.0157. The molecule has 2 fully saturated rings. The molecule has 28 heavy (non-hydrogen) atoms. The van der Waals surface area contributed by atoms with Crippen molar-refractivity contribution < 1.29 is 14.3 Å². The number of benzene rings is 2. The largest absolute Gasteiger partial charge is 0.378 e. The van der Waals surface area contributed by atoms with Crippen LogP contribution in [0.5, 0.6) is 0 Å². The number of morpholine rings is 1. The molecule has 0 aromatic heterocycles. The van der Waals surface area contributed by atoms with Crippen LogP contribution in [0.25, 0.3) is 0 Å². The summed E-state index contributed by atoms with van der Waals surface area (Å²) in [6, 6.07) is 12.4. The SMILES string of the molecule is O=C(Nc1cccc(Cl)c1N1CCOCC1)c1cccc(NC(=O)C2CC2)c1. The van der Waals surface area contributed by atoms with E-state index in [9.17, 15) is 9.59 Å². The molecule has 1 heterocycles. The Balaban J connectivity index is 1.52. The van der Waals surface area contributed by atoms with Crippen LogP contribution in [-0.4, -0.2) is 38.1 Å². The van der Waals surface area contributed by atoms with Gasteiger partial charge in [0.25, 0.3) is 5.91 Å². The Morgan fingerprint density at radius 1 is 1.04 bits per heavy atom. The lowest BCUT2D eigenvalue weighted by Crippen LogP contribution is -2.37. The lowest BCUT2D eigenvalue weighted by atomic mass is 10.1. The third kappa shape index (κ3) is 4.29. The molecule has 0 spiro atoms. The molecule has 7 heteroatoms. The van der Waals surface area contributed by atoms with E-state index in [-0.39, 0.29) is 17.7 Å². The van der Waals surface area contributed by atoms with Crippen molar-refractivity contribution in [1.82, 2.24) is 0 Å². The average Bonchev–Trinajstić information content (AvgIpc) is 3.54. The first-order valence-electron chi connectivity index (χ1n) is 9.45. The summed E-state index contributed by atoms with van der Waals surface area (Å²) in [6.45, 7) is 2.69. The second kappa shape index (κ2) is 8.20. The predicted molar refractivity (Wildman–Crippen MR) is 110 cm³/mol. The zero-order valence-electron chi connectivity index (χ0n) is 15.4. The van der Waals surface area contributed by atoms with E-state index in [0.717, 1.165) is 31.6 Å². The highest BCUT2D eigenvalue weighted by atomic mass is 35.5. The lowest BCUT2D eigenvalue weighted by Gasteiger charge is -2.31. The summed E-state index contributed by atoms with van der Waals surface area (Å²) in [4.78, 5) is 26.9. The van der Waals surface area contributed by atoms with E-state index in [1.807, 2.05) is 18.2 Å². The summed E-state index contributed by atoms with van der Waals surface area (Å²) in [5.74, 6) is -0.124. The lowest BCUT2D eigenvalue weighted by molar-refractivity contribution is -0.117. The molecule has 2 amide bonds. The van der Waals surface area contributed by atoms with E-state index in [4.69, 9.17) is 16.3 Å². The fraction of sp³-hybridized carbons (Fsp3) is 0.333. The summed E-state index contributed by atoms with van der Waals surface area (Å²) in [6.07, 6.45) is 1.87. The number of para-hydroxylation sites is 1. The van der Waals surface area contributed by atoms with Crippen LogP contribution in [0.15, 0.2) is 42.5 Å². The molecule has 6 nitrogen and oxygen atoms in total. The second-order valence-corrected chi connectivity index (χ2v) is 7.44. The number of ether oxygens (including phenoxy) is 1. The van der Waals surface area contributed by atoms with Gasteiger partial charge in [-0.15, -0.1) is 0 Å². The van der Waals surface area contributed by atoms with Crippen LogP contribution in [0.2, 0.25) is 5.02 Å². The summed E-state index contributed by atoms with van der Waals surface area (Å²) in [5, 5.41) is 6.42. The molecule has 2 aromatic rings. The Morgan fingerprint density at radius 2 is 1.79 bits per heavy atom.